The molecule has 4 nitrogen and oxygen atoms in total. The van der Waals surface area contributed by atoms with Crippen LogP contribution in [0.25, 0.3) is 0 Å². The lowest BCUT2D eigenvalue weighted by molar-refractivity contribution is -0.126. The molecule has 0 aromatic heterocycles. The van der Waals surface area contributed by atoms with Crippen molar-refractivity contribution >= 4 is 5.91 Å². The van der Waals surface area contributed by atoms with E-state index < -0.39 is 6.04 Å². The third-order valence-corrected chi connectivity index (χ3v) is 4.02. The van der Waals surface area contributed by atoms with Crippen molar-refractivity contribution in [3.63, 3.8) is 0 Å². The first-order valence-electron chi connectivity index (χ1n) is 8.16. The summed E-state index contributed by atoms with van der Waals surface area (Å²) in [6.45, 7) is 7.67. The van der Waals surface area contributed by atoms with Gasteiger partial charge in [0.25, 0.3) is 0 Å². The molecule has 1 atom stereocenters. The van der Waals surface area contributed by atoms with Crippen LogP contribution in [0.4, 0.5) is 0 Å². The molecule has 0 aromatic carbocycles. The van der Waals surface area contributed by atoms with Crippen LogP contribution in [0, 0.1) is 5.92 Å². The Balaban J connectivity index is 2.46. The van der Waals surface area contributed by atoms with Crippen LogP contribution in [0.2, 0.25) is 0 Å². The van der Waals surface area contributed by atoms with E-state index in [9.17, 15) is 4.79 Å². The molecule has 1 aliphatic carbocycles. The van der Waals surface area contributed by atoms with Crippen molar-refractivity contribution in [2.24, 2.45) is 11.7 Å². The van der Waals surface area contributed by atoms with Crippen LogP contribution in [0.3, 0.4) is 0 Å². The van der Waals surface area contributed by atoms with Gasteiger partial charge < -0.3 is 15.8 Å². The molecule has 1 amide bonds. The Morgan fingerprint density at radius 2 is 1.95 bits per heavy atom. The number of amides is 1. The third-order valence-electron chi connectivity index (χ3n) is 4.02. The number of hydrogen-bond donors (Lipinski definition) is 2. The average Bonchev–Trinajstić information content (AvgIpc) is 2.43. The van der Waals surface area contributed by atoms with Crippen LogP contribution < -0.4 is 11.1 Å². The molecule has 4 heteroatoms. The normalized spacial score (nSPS) is 19.9. The van der Waals surface area contributed by atoms with Gasteiger partial charge in [-0.15, -0.1) is 0 Å². The van der Waals surface area contributed by atoms with E-state index in [2.05, 4.69) is 26.1 Å². The zero-order chi connectivity index (χ0) is 15.0. The molecule has 0 aliphatic heterocycles. The highest BCUT2D eigenvalue weighted by Crippen LogP contribution is 2.31. The quantitative estimate of drug-likeness (QED) is 0.720. The summed E-state index contributed by atoms with van der Waals surface area (Å²) in [6, 6.07) is -0.401. The van der Waals surface area contributed by atoms with Crippen LogP contribution in [0.1, 0.15) is 65.7 Å². The highest BCUT2D eigenvalue weighted by Gasteiger charge is 2.33. The zero-order valence-corrected chi connectivity index (χ0v) is 13.4. The predicted octanol–water partition coefficient (Wildman–Crippen LogP) is 2.61. The highest BCUT2D eigenvalue weighted by molar-refractivity contribution is 5.81. The van der Waals surface area contributed by atoms with Crippen LogP contribution in [0.5, 0.6) is 0 Å². The second-order valence-corrected chi connectivity index (χ2v) is 6.55. The summed E-state index contributed by atoms with van der Waals surface area (Å²) in [5.74, 6) is 0.402. The fourth-order valence-electron chi connectivity index (χ4n) is 2.88. The minimum Gasteiger partial charge on any atom is -0.373 e. The first kappa shape index (κ1) is 17.4. The summed E-state index contributed by atoms with van der Waals surface area (Å²) in [7, 11) is 0. The summed E-state index contributed by atoms with van der Waals surface area (Å²) < 4.78 is 6.08. The van der Waals surface area contributed by atoms with E-state index in [-0.39, 0.29) is 11.5 Å². The lowest BCUT2D eigenvalue weighted by Crippen LogP contribution is -2.50. The number of hydrogen-bond acceptors (Lipinski definition) is 3. The number of nitrogens with one attached hydrogen (secondary N) is 1. The Morgan fingerprint density at radius 1 is 1.30 bits per heavy atom. The van der Waals surface area contributed by atoms with Crippen LogP contribution in [-0.4, -0.2) is 30.7 Å². The number of rotatable bonds is 8. The lowest BCUT2D eigenvalue weighted by atomic mass is 9.84. The molecule has 0 radical (unpaired) electrons. The van der Waals surface area contributed by atoms with Gasteiger partial charge in [0, 0.05) is 13.2 Å². The average molecular weight is 284 g/mol. The molecule has 1 rings (SSSR count). The largest absolute Gasteiger partial charge is 0.373 e. The van der Waals surface area contributed by atoms with E-state index >= 15 is 0 Å². The standard InChI is InChI=1S/C16H32N2O2/c1-4-10-20-16(8-6-5-7-9-16)12-18-15(19)14(17)11-13(2)3/h13-14H,4-12,17H2,1-3H3,(H,18,19)/t14-/m0/s1. The molecule has 0 aromatic rings. The number of nitrogens with two attached hydrogens (primary N) is 1. The molecule has 1 saturated carbocycles. The first-order chi connectivity index (χ1) is 9.49. The molecule has 0 bridgehead atoms. The molecule has 20 heavy (non-hydrogen) atoms. The summed E-state index contributed by atoms with van der Waals surface area (Å²) in [4.78, 5) is 12.0. The SMILES string of the molecule is CCCOC1(CNC(=O)[C@@H](N)CC(C)C)CCCCC1. The maximum absolute atomic E-state index is 12.0. The summed E-state index contributed by atoms with van der Waals surface area (Å²) >= 11 is 0. The molecule has 0 saturated heterocycles. The second kappa shape index (κ2) is 8.63. The second-order valence-electron chi connectivity index (χ2n) is 6.55. The first-order valence-corrected chi connectivity index (χ1v) is 8.16. The van der Waals surface area contributed by atoms with Gasteiger partial charge in [-0.05, 0) is 31.6 Å². The number of ether oxygens (including phenoxy) is 1. The van der Waals surface area contributed by atoms with Crippen molar-refractivity contribution < 1.29 is 9.53 Å². The molecular formula is C16H32N2O2. The molecule has 0 spiro atoms. The van der Waals surface area contributed by atoms with Gasteiger partial charge in [0.1, 0.15) is 0 Å². The molecule has 3 N–H and O–H groups in total. The Morgan fingerprint density at radius 3 is 2.50 bits per heavy atom. The van der Waals surface area contributed by atoms with Gasteiger partial charge >= 0.3 is 0 Å². The van der Waals surface area contributed by atoms with E-state index in [1.165, 1.54) is 19.3 Å². The topological polar surface area (TPSA) is 64.3 Å². The Hall–Kier alpha value is -0.610. The van der Waals surface area contributed by atoms with Crippen molar-refractivity contribution in [1.82, 2.24) is 5.32 Å². The fourth-order valence-corrected chi connectivity index (χ4v) is 2.88. The summed E-state index contributed by atoms with van der Waals surface area (Å²) in [6.07, 6.45) is 7.50. The molecule has 1 fully saturated rings. The van der Waals surface area contributed by atoms with Gasteiger partial charge in [-0.3, -0.25) is 4.79 Å². The van der Waals surface area contributed by atoms with Crippen molar-refractivity contribution in [2.45, 2.75) is 77.4 Å². The van der Waals surface area contributed by atoms with Crippen LogP contribution in [0.15, 0.2) is 0 Å². The smallest absolute Gasteiger partial charge is 0.237 e. The van der Waals surface area contributed by atoms with Gasteiger partial charge in [-0.1, -0.05) is 40.0 Å². The molecular weight excluding hydrogens is 252 g/mol. The minimum absolute atomic E-state index is 0.0382. The van der Waals surface area contributed by atoms with Crippen molar-refractivity contribution in [3.05, 3.63) is 0 Å². The highest BCUT2D eigenvalue weighted by atomic mass is 16.5. The number of carbonyl (C=O) groups excluding carboxylic acids is 1. The molecule has 0 unspecified atom stereocenters. The molecule has 1 aliphatic rings. The van der Waals surface area contributed by atoms with Gasteiger partial charge in [-0.25, -0.2) is 0 Å². The number of carbonyl (C=O) groups is 1. The lowest BCUT2D eigenvalue weighted by Gasteiger charge is -2.37. The van der Waals surface area contributed by atoms with Gasteiger partial charge in [0.2, 0.25) is 5.91 Å². The maximum Gasteiger partial charge on any atom is 0.237 e. The van der Waals surface area contributed by atoms with Gasteiger partial charge in [-0.2, -0.15) is 0 Å². The molecule has 0 heterocycles. The summed E-state index contributed by atoms with van der Waals surface area (Å²) in [5.41, 5.74) is 5.77. The van der Waals surface area contributed by atoms with Crippen LogP contribution in [-0.2, 0) is 9.53 Å². The van der Waals surface area contributed by atoms with E-state index in [0.717, 1.165) is 32.3 Å². The van der Waals surface area contributed by atoms with Crippen molar-refractivity contribution in [3.8, 4) is 0 Å². The van der Waals surface area contributed by atoms with Crippen molar-refractivity contribution in [2.75, 3.05) is 13.2 Å². The van der Waals surface area contributed by atoms with E-state index in [4.69, 9.17) is 10.5 Å². The Kier molecular flexibility index (Phi) is 7.52. The molecule has 118 valence electrons. The predicted molar refractivity (Wildman–Crippen MR) is 82.5 cm³/mol. The van der Waals surface area contributed by atoms with E-state index in [0.29, 0.717) is 12.5 Å². The van der Waals surface area contributed by atoms with Gasteiger partial charge in [0.15, 0.2) is 0 Å². The third kappa shape index (κ3) is 5.80. The minimum atomic E-state index is -0.401. The van der Waals surface area contributed by atoms with Crippen LogP contribution >= 0.6 is 0 Å². The van der Waals surface area contributed by atoms with Crippen molar-refractivity contribution in [1.29, 1.82) is 0 Å². The zero-order valence-electron chi connectivity index (χ0n) is 13.4. The monoisotopic (exact) mass is 284 g/mol. The fraction of sp³-hybridized carbons (Fsp3) is 0.938. The summed E-state index contributed by atoms with van der Waals surface area (Å²) in [5, 5.41) is 3.02. The van der Waals surface area contributed by atoms with E-state index in [1.54, 1.807) is 0 Å². The Bertz CT molecular complexity index is 286. The van der Waals surface area contributed by atoms with Gasteiger partial charge in [0.05, 0.1) is 11.6 Å². The Labute approximate surface area is 123 Å². The maximum atomic E-state index is 12.0. The van der Waals surface area contributed by atoms with E-state index in [1.807, 2.05) is 0 Å².